The third-order valence-electron chi connectivity index (χ3n) is 2.46. The predicted molar refractivity (Wildman–Crippen MR) is 71.6 cm³/mol. The van der Waals surface area contributed by atoms with Crippen molar-refractivity contribution in [1.82, 2.24) is 5.32 Å². The predicted octanol–water partition coefficient (Wildman–Crippen LogP) is 4.07. The molecule has 15 heavy (non-hydrogen) atoms. The van der Waals surface area contributed by atoms with Crippen molar-refractivity contribution >= 4 is 46.3 Å². The number of rotatable bonds is 1. The van der Waals surface area contributed by atoms with Crippen molar-refractivity contribution in [3.63, 3.8) is 0 Å². The molecule has 0 bridgehead atoms. The Labute approximate surface area is 109 Å². The molecule has 1 aromatic rings. The lowest BCUT2D eigenvalue weighted by Gasteiger charge is -2.14. The lowest BCUT2D eigenvalue weighted by atomic mass is 10.1. The summed E-state index contributed by atoms with van der Waals surface area (Å²) in [6, 6.07) is 2.35. The molecule has 5 heteroatoms. The Kier molecular flexibility index (Phi) is 4.24. The average Bonchev–Trinajstić information content (AvgIpc) is 2.39. The van der Waals surface area contributed by atoms with Crippen LogP contribution in [-0.2, 0) is 0 Å². The molecule has 1 aromatic heterocycles. The standard InChI is InChI=1S/C10H13Cl2NS2/c1-6-3-13-8(5-14-4-6)7-2-9(11)15-10(7)12/h2,6,8,13H,3-5H2,1H3. The van der Waals surface area contributed by atoms with E-state index in [0.29, 0.717) is 6.04 Å². The first-order valence-corrected chi connectivity index (χ1v) is 7.65. The first-order chi connectivity index (χ1) is 7.16. The number of nitrogens with one attached hydrogen (secondary N) is 1. The lowest BCUT2D eigenvalue weighted by molar-refractivity contribution is 0.518. The molecule has 1 aliphatic heterocycles. The molecule has 1 N–H and O–H groups in total. The Hall–Kier alpha value is 0.590. The van der Waals surface area contributed by atoms with Gasteiger partial charge in [0.1, 0.15) is 0 Å². The number of halogens is 2. The summed E-state index contributed by atoms with van der Waals surface area (Å²) >= 11 is 15.5. The van der Waals surface area contributed by atoms with E-state index in [0.717, 1.165) is 32.5 Å². The number of hydrogen-bond donors (Lipinski definition) is 1. The second kappa shape index (κ2) is 5.28. The highest BCUT2D eigenvalue weighted by molar-refractivity contribution is 7.99. The smallest absolute Gasteiger partial charge is 0.0992 e. The Balaban J connectivity index is 2.12. The SMILES string of the molecule is CC1CNC(c2cc(Cl)sc2Cl)CSC1. The maximum Gasteiger partial charge on any atom is 0.0992 e. The Morgan fingerprint density at radius 2 is 2.20 bits per heavy atom. The second-order valence-corrected chi connectivity index (χ2v) is 7.24. The van der Waals surface area contributed by atoms with Gasteiger partial charge in [-0.25, -0.2) is 0 Å². The van der Waals surface area contributed by atoms with E-state index in [9.17, 15) is 0 Å². The normalized spacial score (nSPS) is 27.7. The van der Waals surface area contributed by atoms with Gasteiger partial charge >= 0.3 is 0 Å². The van der Waals surface area contributed by atoms with Crippen LogP contribution in [0.1, 0.15) is 18.5 Å². The quantitative estimate of drug-likeness (QED) is 0.833. The summed E-state index contributed by atoms with van der Waals surface area (Å²) in [6.07, 6.45) is 0. The highest BCUT2D eigenvalue weighted by Gasteiger charge is 2.21. The maximum absolute atomic E-state index is 6.15. The molecular weight excluding hydrogens is 269 g/mol. The summed E-state index contributed by atoms with van der Waals surface area (Å²) in [5, 5.41) is 3.54. The third-order valence-corrected chi connectivity index (χ3v) is 5.35. The minimum atomic E-state index is 0.358. The Morgan fingerprint density at radius 3 is 2.87 bits per heavy atom. The number of hydrogen-bond acceptors (Lipinski definition) is 3. The molecule has 1 nitrogen and oxygen atoms in total. The van der Waals surface area contributed by atoms with Crippen LogP contribution in [0, 0.1) is 5.92 Å². The van der Waals surface area contributed by atoms with Gasteiger partial charge in [-0.15, -0.1) is 11.3 Å². The van der Waals surface area contributed by atoms with Crippen LogP contribution in [0.2, 0.25) is 8.67 Å². The number of thiophene rings is 1. The van der Waals surface area contributed by atoms with Gasteiger partial charge in [0.05, 0.1) is 8.67 Å². The summed E-state index contributed by atoms with van der Waals surface area (Å²) in [6.45, 7) is 3.33. The van der Waals surface area contributed by atoms with E-state index in [-0.39, 0.29) is 0 Å². The van der Waals surface area contributed by atoms with Gasteiger partial charge in [0.2, 0.25) is 0 Å². The molecule has 2 heterocycles. The van der Waals surface area contributed by atoms with E-state index in [2.05, 4.69) is 12.2 Å². The van der Waals surface area contributed by atoms with Crippen molar-refractivity contribution in [1.29, 1.82) is 0 Å². The van der Waals surface area contributed by atoms with Crippen LogP contribution in [0.3, 0.4) is 0 Å². The molecule has 0 radical (unpaired) electrons. The van der Waals surface area contributed by atoms with Crippen LogP contribution in [-0.4, -0.2) is 18.1 Å². The zero-order chi connectivity index (χ0) is 10.8. The van der Waals surface area contributed by atoms with Crippen molar-refractivity contribution < 1.29 is 0 Å². The molecule has 1 aliphatic rings. The van der Waals surface area contributed by atoms with Crippen LogP contribution in [0.25, 0.3) is 0 Å². The van der Waals surface area contributed by atoms with Gasteiger partial charge in [-0.1, -0.05) is 30.1 Å². The summed E-state index contributed by atoms with van der Waals surface area (Å²) in [5.74, 6) is 3.03. The zero-order valence-electron chi connectivity index (χ0n) is 8.43. The van der Waals surface area contributed by atoms with Crippen LogP contribution in [0.15, 0.2) is 6.07 Å². The molecule has 0 saturated carbocycles. The molecule has 2 atom stereocenters. The van der Waals surface area contributed by atoms with E-state index in [1.807, 2.05) is 17.8 Å². The van der Waals surface area contributed by atoms with Gasteiger partial charge in [-0.3, -0.25) is 0 Å². The first kappa shape index (κ1) is 12.1. The van der Waals surface area contributed by atoms with Crippen molar-refractivity contribution in [3.05, 3.63) is 20.3 Å². The van der Waals surface area contributed by atoms with E-state index in [1.165, 1.54) is 17.1 Å². The molecule has 1 saturated heterocycles. The fraction of sp³-hybridized carbons (Fsp3) is 0.600. The number of thioether (sulfide) groups is 1. The van der Waals surface area contributed by atoms with E-state index in [1.54, 1.807) is 0 Å². The highest BCUT2D eigenvalue weighted by Crippen LogP contribution is 2.36. The molecule has 0 aromatic carbocycles. The highest BCUT2D eigenvalue weighted by atomic mass is 35.5. The summed E-state index contributed by atoms with van der Waals surface area (Å²) in [7, 11) is 0. The molecule has 2 unspecified atom stereocenters. The van der Waals surface area contributed by atoms with Crippen molar-refractivity contribution in [2.75, 3.05) is 18.1 Å². The van der Waals surface area contributed by atoms with Gasteiger partial charge in [0, 0.05) is 17.4 Å². The van der Waals surface area contributed by atoms with Crippen molar-refractivity contribution in [2.24, 2.45) is 5.92 Å². The van der Waals surface area contributed by atoms with Crippen LogP contribution in [0.4, 0.5) is 0 Å². The van der Waals surface area contributed by atoms with Crippen molar-refractivity contribution in [3.8, 4) is 0 Å². The monoisotopic (exact) mass is 281 g/mol. The molecule has 1 fully saturated rings. The largest absolute Gasteiger partial charge is 0.309 e. The fourth-order valence-electron chi connectivity index (χ4n) is 1.64. The molecule has 84 valence electrons. The van der Waals surface area contributed by atoms with Gasteiger partial charge < -0.3 is 5.32 Å². The summed E-state index contributed by atoms with van der Waals surface area (Å²) in [5.41, 5.74) is 1.16. The van der Waals surface area contributed by atoms with E-state index in [4.69, 9.17) is 23.2 Å². The third kappa shape index (κ3) is 3.04. The summed E-state index contributed by atoms with van der Waals surface area (Å²) in [4.78, 5) is 0. The fourth-order valence-corrected chi connectivity index (χ4v) is 4.41. The lowest BCUT2D eigenvalue weighted by Crippen LogP contribution is -2.25. The van der Waals surface area contributed by atoms with Gasteiger partial charge in [-0.05, 0) is 24.3 Å². The molecule has 0 aliphatic carbocycles. The van der Waals surface area contributed by atoms with E-state index < -0.39 is 0 Å². The van der Waals surface area contributed by atoms with Crippen LogP contribution in [0.5, 0.6) is 0 Å². The topological polar surface area (TPSA) is 12.0 Å². The first-order valence-electron chi connectivity index (χ1n) is 4.92. The average molecular weight is 282 g/mol. The Morgan fingerprint density at radius 1 is 1.40 bits per heavy atom. The molecule has 0 spiro atoms. The minimum absolute atomic E-state index is 0.358. The summed E-state index contributed by atoms with van der Waals surface area (Å²) < 4.78 is 1.60. The van der Waals surface area contributed by atoms with E-state index >= 15 is 0 Å². The zero-order valence-corrected chi connectivity index (χ0v) is 11.6. The molecule has 2 rings (SSSR count). The van der Waals surface area contributed by atoms with Gasteiger partial charge in [-0.2, -0.15) is 11.8 Å². The van der Waals surface area contributed by atoms with Crippen LogP contribution >= 0.6 is 46.3 Å². The molecule has 0 amide bonds. The molecular formula is C10H13Cl2NS2. The minimum Gasteiger partial charge on any atom is -0.309 e. The van der Waals surface area contributed by atoms with Gasteiger partial charge in [0.25, 0.3) is 0 Å². The van der Waals surface area contributed by atoms with Crippen LogP contribution < -0.4 is 5.32 Å². The Bertz CT molecular complexity index is 340. The van der Waals surface area contributed by atoms with Gasteiger partial charge in [0.15, 0.2) is 0 Å². The second-order valence-electron chi connectivity index (χ2n) is 3.88. The van der Waals surface area contributed by atoms with Crippen molar-refractivity contribution in [2.45, 2.75) is 13.0 Å². The maximum atomic E-state index is 6.15.